The first kappa shape index (κ1) is 11.0. The summed E-state index contributed by atoms with van der Waals surface area (Å²) in [6.45, 7) is 7.64. The second-order valence-corrected chi connectivity index (χ2v) is 4.07. The molecule has 0 atom stereocenters. The normalized spacial score (nSPS) is 10.9. The van der Waals surface area contributed by atoms with Crippen LogP contribution in [0, 0.1) is 6.92 Å². The predicted octanol–water partition coefficient (Wildman–Crippen LogP) is 2.76. The first-order chi connectivity index (χ1) is 7.75. The molecule has 0 aliphatic rings. The van der Waals surface area contributed by atoms with Crippen molar-refractivity contribution in [3.05, 3.63) is 48.2 Å². The molecule has 2 nitrogen and oxygen atoms in total. The molecule has 2 heteroatoms. The first-order valence-corrected chi connectivity index (χ1v) is 5.60. The number of aromatic nitrogens is 1. The van der Waals surface area contributed by atoms with Crippen LogP contribution in [0.1, 0.15) is 11.3 Å². The number of nitrogens with one attached hydrogen (secondary N) is 1. The summed E-state index contributed by atoms with van der Waals surface area (Å²) in [5.74, 6) is 0. The quantitative estimate of drug-likeness (QED) is 0.611. The number of aryl methyl sites for hydroxylation is 2. The van der Waals surface area contributed by atoms with Crippen LogP contribution in [0.25, 0.3) is 10.9 Å². The standard InChI is InChI=1S/C14H18N2/c1-4-9-15-10-14-11(2)12-7-5-6-8-13(12)16(14)3/h4-8,15H,1,9-10H2,2-3H3. The summed E-state index contributed by atoms with van der Waals surface area (Å²) < 4.78 is 2.26. The highest BCUT2D eigenvalue weighted by atomic mass is 15.0. The molecule has 0 saturated heterocycles. The van der Waals surface area contributed by atoms with Crippen LogP contribution in [0.5, 0.6) is 0 Å². The Morgan fingerprint density at radius 2 is 2.12 bits per heavy atom. The van der Waals surface area contributed by atoms with Crippen LogP contribution in [0.4, 0.5) is 0 Å². The Kier molecular flexibility index (Phi) is 3.11. The van der Waals surface area contributed by atoms with Crippen LogP contribution in [-0.4, -0.2) is 11.1 Å². The first-order valence-electron chi connectivity index (χ1n) is 5.60. The summed E-state index contributed by atoms with van der Waals surface area (Å²) in [6, 6.07) is 8.53. The smallest absolute Gasteiger partial charge is 0.0483 e. The molecule has 2 aromatic rings. The van der Waals surface area contributed by atoms with Gasteiger partial charge in [-0.15, -0.1) is 6.58 Å². The zero-order valence-electron chi connectivity index (χ0n) is 9.96. The molecule has 0 unspecified atom stereocenters. The van der Waals surface area contributed by atoms with Gasteiger partial charge in [0.1, 0.15) is 0 Å². The van der Waals surface area contributed by atoms with Gasteiger partial charge in [-0.2, -0.15) is 0 Å². The molecule has 2 rings (SSSR count). The summed E-state index contributed by atoms with van der Waals surface area (Å²) in [6.07, 6.45) is 1.89. The van der Waals surface area contributed by atoms with E-state index < -0.39 is 0 Å². The van der Waals surface area contributed by atoms with E-state index in [1.165, 1.54) is 22.2 Å². The molecule has 0 amide bonds. The number of para-hydroxylation sites is 1. The molecule has 1 aromatic carbocycles. The van der Waals surface area contributed by atoms with Crippen molar-refractivity contribution in [2.24, 2.45) is 7.05 Å². The Morgan fingerprint density at radius 3 is 2.81 bits per heavy atom. The van der Waals surface area contributed by atoms with E-state index in [0.29, 0.717) is 0 Å². The Morgan fingerprint density at radius 1 is 1.38 bits per heavy atom. The Labute approximate surface area is 96.6 Å². The molecular formula is C14H18N2. The van der Waals surface area contributed by atoms with Crippen LogP contribution in [0.15, 0.2) is 36.9 Å². The van der Waals surface area contributed by atoms with Crippen molar-refractivity contribution in [1.29, 1.82) is 0 Å². The van der Waals surface area contributed by atoms with Crippen molar-refractivity contribution < 1.29 is 0 Å². The van der Waals surface area contributed by atoms with Gasteiger partial charge in [0.25, 0.3) is 0 Å². The minimum absolute atomic E-state index is 0.848. The van der Waals surface area contributed by atoms with Crippen molar-refractivity contribution >= 4 is 10.9 Å². The van der Waals surface area contributed by atoms with Gasteiger partial charge in [-0.3, -0.25) is 0 Å². The lowest BCUT2D eigenvalue weighted by Crippen LogP contribution is -2.15. The van der Waals surface area contributed by atoms with Gasteiger partial charge in [-0.1, -0.05) is 24.3 Å². The van der Waals surface area contributed by atoms with Gasteiger partial charge >= 0.3 is 0 Å². The number of rotatable bonds is 4. The predicted molar refractivity (Wildman–Crippen MR) is 69.6 cm³/mol. The van der Waals surface area contributed by atoms with E-state index in [0.717, 1.165) is 13.1 Å². The molecule has 0 aliphatic carbocycles. The average molecular weight is 214 g/mol. The van der Waals surface area contributed by atoms with E-state index in [1.54, 1.807) is 0 Å². The van der Waals surface area contributed by atoms with E-state index in [-0.39, 0.29) is 0 Å². The van der Waals surface area contributed by atoms with E-state index in [9.17, 15) is 0 Å². The largest absolute Gasteiger partial charge is 0.346 e. The highest BCUT2D eigenvalue weighted by Crippen LogP contribution is 2.23. The third-order valence-corrected chi connectivity index (χ3v) is 3.09. The topological polar surface area (TPSA) is 17.0 Å². The fraction of sp³-hybridized carbons (Fsp3) is 0.286. The lowest BCUT2D eigenvalue weighted by molar-refractivity contribution is 0.704. The van der Waals surface area contributed by atoms with Gasteiger partial charge in [-0.05, 0) is 18.6 Å². The molecule has 0 radical (unpaired) electrons. The van der Waals surface area contributed by atoms with Crippen LogP contribution >= 0.6 is 0 Å². The van der Waals surface area contributed by atoms with Gasteiger partial charge in [0.15, 0.2) is 0 Å². The molecule has 1 aromatic heterocycles. The second kappa shape index (κ2) is 4.54. The molecule has 16 heavy (non-hydrogen) atoms. The van der Waals surface area contributed by atoms with E-state index >= 15 is 0 Å². The Balaban J connectivity index is 2.40. The maximum atomic E-state index is 3.71. The third kappa shape index (κ3) is 1.76. The van der Waals surface area contributed by atoms with Crippen LogP contribution in [0.2, 0.25) is 0 Å². The monoisotopic (exact) mass is 214 g/mol. The second-order valence-electron chi connectivity index (χ2n) is 4.07. The molecule has 1 N–H and O–H groups in total. The summed E-state index contributed by atoms with van der Waals surface area (Å²) in [5, 5.41) is 4.70. The molecular weight excluding hydrogens is 196 g/mol. The minimum Gasteiger partial charge on any atom is -0.346 e. The molecule has 0 aliphatic heterocycles. The van der Waals surface area contributed by atoms with Crippen molar-refractivity contribution in [1.82, 2.24) is 9.88 Å². The lowest BCUT2D eigenvalue weighted by Gasteiger charge is -2.06. The van der Waals surface area contributed by atoms with Gasteiger partial charge in [0, 0.05) is 36.7 Å². The fourth-order valence-electron chi connectivity index (χ4n) is 2.18. The number of hydrogen-bond acceptors (Lipinski definition) is 1. The Hall–Kier alpha value is -1.54. The molecule has 84 valence electrons. The fourth-order valence-corrected chi connectivity index (χ4v) is 2.18. The number of fused-ring (bicyclic) bond motifs is 1. The molecule has 0 saturated carbocycles. The van der Waals surface area contributed by atoms with Crippen molar-refractivity contribution in [2.75, 3.05) is 6.54 Å². The highest BCUT2D eigenvalue weighted by molar-refractivity contribution is 5.85. The zero-order chi connectivity index (χ0) is 11.5. The van der Waals surface area contributed by atoms with E-state index in [1.807, 2.05) is 6.08 Å². The maximum absolute atomic E-state index is 3.71. The lowest BCUT2D eigenvalue weighted by atomic mass is 10.1. The maximum Gasteiger partial charge on any atom is 0.0483 e. The van der Waals surface area contributed by atoms with Crippen LogP contribution in [0.3, 0.4) is 0 Å². The summed E-state index contributed by atoms with van der Waals surface area (Å²) >= 11 is 0. The summed E-state index contributed by atoms with van der Waals surface area (Å²) in [4.78, 5) is 0. The number of nitrogens with zero attached hydrogens (tertiary/aromatic N) is 1. The zero-order valence-corrected chi connectivity index (χ0v) is 9.96. The minimum atomic E-state index is 0.848. The molecule has 0 bridgehead atoms. The molecule has 0 fully saturated rings. The summed E-state index contributed by atoms with van der Waals surface area (Å²) in [5.41, 5.74) is 4.02. The highest BCUT2D eigenvalue weighted by Gasteiger charge is 2.09. The number of benzene rings is 1. The van der Waals surface area contributed by atoms with Gasteiger partial charge in [0.2, 0.25) is 0 Å². The third-order valence-electron chi connectivity index (χ3n) is 3.09. The number of hydrogen-bond donors (Lipinski definition) is 1. The van der Waals surface area contributed by atoms with E-state index in [4.69, 9.17) is 0 Å². The van der Waals surface area contributed by atoms with Crippen molar-refractivity contribution in [2.45, 2.75) is 13.5 Å². The van der Waals surface area contributed by atoms with E-state index in [2.05, 4.69) is 54.7 Å². The van der Waals surface area contributed by atoms with Crippen molar-refractivity contribution in [3.8, 4) is 0 Å². The van der Waals surface area contributed by atoms with Gasteiger partial charge < -0.3 is 9.88 Å². The van der Waals surface area contributed by atoms with Gasteiger partial charge in [0.05, 0.1) is 0 Å². The molecule has 1 heterocycles. The van der Waals surface area contributed by atoms with Gasteiger partial charge in [-0.25, -0.2) is 0 Å². The summed E-state index contributed by atoms with van der Waals surface area (Å²) in [7, 11) is 2.13. The Bertz CT molecular complexity index is 470. The molecule has 0 spiro atoms. The van der Waals surface area contributed by atoms with Crippen LogP contribution in [-0.2, 0) is 13.6 Å². The van der Waals surface area contributed by atoms with Crippen molar-refractivity contribution in [3.63, 3.8) is 0 Å². The SMILES string of the molecule is C=CCNCc1c(C)c2ccccc2n1C. The average Bonchev–Trinajstić information content (AvgIpc) is 2.55. The van der Waals surface area contributed by atoms with Crippen LogP contribution < -0.4 is 5.32 Å².